The van der Waals surface area contributed by atoms with E-state index in [0.29, 0.717) is 32.4 Å². The number of nitrogens with zero attached hydrogens (tertiary/aromatic N) is 1. The summed E-state index contributed by atoms with van der Waals surface area (Å²) in [5, 5.41) is 11.6. The SMILES string of the molecule is O=C(CCc1ccc(S(=O)(=O)N2CCCC2)cc1)NC1(C(=O)O)CC1. The summed E-state index contributed by atoms with van der Waals surface area (Å²) in [6.07, 6.45) is 3.33. The van der Waals surface area contributed by atoms with Gasteiger partial charge in [0.15, 0.2) is 0 Å². The Bertz CT molecular complexity index is 763. The van der Waals surface area contributed by atoms with E-state index >= 15 is 0 Å². The van der Waals surface area contributed by atoms with Gasteiger partial charge < -0.3 is 10.4 Å². The number of nitrogens with one attached hydrogen (secondary N) is 1. The molecule has 2 N–H and O–H groups in total. The Kier molecular flexibility index (Phi) is 4.83. The zero-order valence-corrected chi connectivity index (χ0v) is 14.7. The molecular formula is C17H22N2O5S. The monoisotopic (exact) mass is 366 g/mol. The van der Waals surface area contributed by atoms with E-state index in [1.54, 1.807) is 24.3 Å². The molecule has 1 aromatic carbocycles. The van der Waals surface area contributed by atoms with Crippen LogP contribution in [0.3, 0.4) is 0 Å². The minimum Gasteiger partial charge on any atom is -0.480 e. The maximum atomic E-state index is 12.4. The first-order chi connectivity index (χ1) is 11.8. The second-order valence-corrected chi connectivity index (χ2v) is 8.63. The summed E-state index contributed by atoms with van der Waals surface area (Å²) in [6.45, 7) is 1.13. The summed E-state index contributed by atoms with van der Waals surface area (Å²) < 4.78 is 26.4. The fourth-order valence-electron chi connectivity index (χ4n) is 3.01. The van der Waals surface area contributed by atoms with Crippen molar-refractivity contribution >= 4 is 21.9 Å². The minimum atomic E-state index is -3.42. The molecule has 7 nitrogen and oxygen atoms in total. The molecule has 1 saturated heterocycles. The Morgan fingerprint density at radius 2 is 1.72 bits per heavy atom. The second-order valence-electron chi connectivity index (χ2n) is 6.69. The van der Waals surface area contributed by atoms with Crippen molar-refractivity contribution in [3.05, 3.63) is 29.8 Å². The fraction of sp³-hybridized carbons (Fsp3) is 0.529. The summed E-state index contributed by atoms with van der Waals surface area (Å²) in [5.41, 5.74) is -0.221. The van der Waals surface area contributed by atoms with Crippen LogP contribution in [0.15, 0.2) is 29.2 Å². The van der Waals surface area contributed by atoms with E-state index in [-0.39, 0.29) is 17.2 Å². The van der Waals surface area contributed by atoms with Crippen LogP contribution in [0, 0.1) is 0 Å². The zero-order chi connectivity index (χ0) is 18.1. The van der Waals surface area contributed by atoms with Gasteiger partial charge in [-0.2, -0.15) is 4.31 Å². The molecule has 1 aliphatic heterocycles. The average molecular weight is 366 g/mol. The Labute approximate surface area is 147 Å². The van der Waals surface area contributed by atoms with Crippen LogP contribution in [0.1, 0.15) is 37.7 Å². The van der Waals surface area contributed by atoms with E-state index in [2.05, 4.69) is 5.32 Å². The fourth-order valence-corrected chi connectivity index (χ4v) is 4.53. The molecule has 136 valence electrons. The van der Waals surface area contributed by atoms with Gasteiger partial charge in [-0.15, -0.1) is 0 Å². The van der Waals surface area contributed by atoms with Crippen LogP contribution >= 0.6 is 0 Å². The predicted molar refractivity (Wildman–Crippen MR) is 90.5 cm³/mol. The molecule has 1 heterocycles. The lowest BCUT2D eigenvalue weighted by atomic mass is 10.1. The highest BCUT2D eigenvalue weighted by atomic mass is 32.2. The van der Waals surface area contributed by atoms with Crippen molar-refractivity contribution in [1.82, 2.24) is 9.62 Å². The molecular weight excluding hydrogens is 344 g/mol. The number of hydrogen-bond acceptors (Lipinski definition) is 4. The zero-order valence-electron chi connectivity index (χ0n) is 13.9. The van der Waals surface area contributed by atoms with E-state index in [0.717, 1.165) is 18.4 Å². The number of amides is 1. The lowest BCUT2D eigenvalue weighted by molar-refractivity contribution is -0.143. The van der Waals surface area contributed by atoms with Gasteiger partial charge in [0.05, 0.1) is 4.90 Å². The number of carbonyl (C=O) groups excluding carboxylic acids is 1. The third kappa shape index (κ3) is 3.85. The van der Waals surface area contributed by atoms with E-state index in [1.807, 2.05) is 0 Å². The van der Waals surface area contributed by atoms with E-state index in [4.69, 9.17) is 5.11 Å². The lowest BCUT2D eigenvalue weighted by Crippen LogP contribution is -2.43. The molecule has 0 spiro atoms. The van der Waals surface area contributed by atoms with Gasteiger partial charge >= 0.3 is 5.97 Å². The molecule has 3 rings (SSSR count). The number of aliphatic carboxylic acids is 1. The van der Waals surface area contributed by atoms with Crippen molar-refractivity contribution in [1.29, 1.82) is 0 Å². The van der Waals surface area contributed by atoms with Gasteiger partial charge in [0, 0.05) is 19.5 Å². The van der Waals surface area contributed by atoms with E-state index < -0.39 is 21.5 Å². The van der Waals surface area contributed by atoms with Gasteiger partial charge in [-0.3, -0.25) is 4.79 Å². The van der Waals surface area contributed by atoms with E-state index in [1.165, 1.54) is 4.31 Å². The number of carboxylic acid groups (broad SMARTS) is 1. The van der Waals surface area contributed by atoms with Gasteiger partial charge in [-0.05, 0) is 49.8 Å². The maximum Gasteiger partial charge on any atom is 0.329 e. The lowest BCUT2D eigenvalue weighted by Gasteiger charge is -2.15. The smallest absolute Gasteiger partial charge is 0.329 e. The topological polar surface area (TPSA) is 104 Å². The quantitative estimate of drug-likeness (QED) is 0.753. The Morgan fingerprint density at radius 3 is 2.24 bits per heavy atom. The molecule has 2 aliphatic rings. The van der Waals surface area contributed by atoms with Gasteiger partial charge in [-0.25, -0.2) is 13.2 Å². The predicted octanol–water partition coefficient (Wildman–Crippen LogP) is 1.14. The van der Waals surface area contributed by atoms with Crippen molar-refractivity contribution in [3.63, 3.8) is 0 Å². The molecule has 2 fully saturated rings. The standard InChI is InChI=1S/C17H22N2O5S/c20-15(18-17(9-10-17)16(21)22)8-5-13-3-6-14(7-4-13)25(23,24)19-11-1-2-12-19/h3-4,6-7H,1-2,5,8-12H2,(H,18,20)(H,21,22). The van der Waals surface area contributed by atoms with Crippen LogP contribution in [0.25, 0.3) is 0 Å². The third-order valence-electron chi connectivity index (χ3n) is 4.80. The first-order valence-electron chi connectivity index (χ1n) is 8.47. The number of rotatable bonds is 7. The number of benzene rings is 1. The molecule has 1 saturated carbocycles. The number of sulfonamides is 1. The van der Waals surface area contributed by atoms with Gasteiger partial charge in [0.25, 0.3) is 0 Å². The molecule has 0 unspecified atom stereocenters. The average Bonchev–Trinajstić information content (AvgIpc) is 3.15. The largest absolute Gasteiger partial charge is 0.480 e. The Balaban J connectivity index is 1.56. The number of carboxylic acids is 1. The minimum absolute atomic E-state index is 0.174. The molecule has 8 heteroatoms. The Morgan fingerprint density at radius 1 is 1.12 bits per heavy atom. The summed E-state index contributed by atoms with van der Waals surface area (Å²) in [4.78, 5) is 23.2. The van der Waals surface area contributed by atoms with Gasteiger partial charge in [0.2, 0.25) is 15.9 Å². The summed E-state index contributed by atoms with van der Waals surface area (Å²) >= 11 is 0. The van der Waals surface area contributed by atoms with Crippen molar-refractivity contribution < 1.29 is 23.1 Å². The maximum absolute atomic E-state index is 12.4. The third-order valence-corrected chi connectivity index (χ3v) is 6.72. The van der Waals surface area contributed by atoms with Gasteiger partial charge in [-0.1, -0.05) is 12.1 Å². The normalized spacial score (nSPS) is 19.5. The van der Waals surface area contributed by atoms with Crippen molar-refractivity contribution in [3.8, 4) is 0 Å². The van der Waals surface area contributed by atoms with Crippen molar-refractivity contribution in [2.45, 2.75) is 49.0 Å². The van der Waals surface area contributed by atoms with Crippen LogP contribution in [-0.4, -0.2) is 48.3 Å². The van der Waals surface area contributed by atoms with Crippen LogP contribution in [0.5, 0.6) is 0 Å². The highest BCUT2D eigenvalue weighted by Crippen LogP contribution is 2.35. The molecule has 1 aliphatic carbocycles. The molecule has 1 amide bonds. The van der Waals surface area contributed by atoms with Gasteiger partial charge in [0.1, 0.15) is 5.54 Å². The molecule has 0 bridgehead atoms. The molecule has 0 atom stereocenters. The van der Waals surface area contributed by atoms with E-state index in [9.17, 15) is 18.0 Å². The first-order valence-corrected chi connectivity index (χ1v) is 9.91. The molecule has 0 aromatic heterocycles. The Hall–Kier alpha value is -1.93. The molecule has 0 radical (unpaired) electrons. The second kappa shape index (κ2) is 6.76. The number of carbonyl (C=O) groups is 2. The summed E-state index contributed by atoms with van der Waals surface area (Å²) in [5.74, 6) is -1.29. The summed E-state index contributed by atoms with van der Waals surface area (Å²) in [6, 6.07) is 6.56. The summed E-state index contributed by atoms with van der Waals surface area (Å²) in [7, 11) is -3.42. The molecule has 25 heavy (non-hydrogen) atoms. The van der Waals surface area contributed by atoms with Crippen molar-refractivity contribution in [2.24, 2.45) is 0 Å². The number of hydrogen-bond donors (Lipinski definition) is 2. The van der Waals surface area contributed by atoms with Crippen molar-refractivity contribution in [2.75, 3.05) is 13.1 Å². The van der Waals surface area contributed by atoms with Crippen LogP contribution in [-0.2, 0) is 26.0 Å². The van der Waals surface area contributed by atoms with Crippen LogP contribution < -0.4 is 5.32 Å². The van der Waals surface area contributed by atoms with Crippen LogP contribution in [0.4, 0.5) is 0 Å². The first kappa shape index (κ1) is 17.9. The highest BCUT2D eigenvalue weighted by Gasteiger charge is 2.51. The highest BCUT2D eigenvalue weighted by molar-refractivity contribution is 7.89. The van der Waals surface area contributed by atoms with Crippen LogP contribution in [0.2, 0.25) is 0 Å². The molecule has 1 aromatic rings. The number of aryl methyl sites for hydroxylation is 1.